The van der Waals surface area contributed by atoms with Gasteiger partial charge >= 0.3 is 6.03 Å². The summed E-state index contributed by atoms with van der Waals surface area (Å²) in [6, 6.07) is 15.8. The molecule has 31 heavy (non-hydrogen) atoms. The van der Waals surface area contributed by atoms with Crippen molar-refractivity contribution in [2.45, 2.75) is 13.8 Å². The van der Waals surface area contributed by atoms with Gasteiger partial charge < -0.3 is 4.57 Å². The maximum atomic E-state index is 13.2. The molecule has 0 radical (unpaired) electrons. The summed E-state index contributed by atoms with van der Waals surface area (Å²) in [4.78, 5) is 39.1. The van der Waals surface area contributed by atoms with Crippen LogP contribution in [0.5, 0.6) is 0 Å². The predicted molar refractivity (Wildman–Crippen MR) is 126 cm³/mol. The minimum absolute atomic E-state index is 0.117. The molecule has 8 heteroatoms. The summed E-state index contributed by atoms with van der Waals surface area (Å²) < 4.78 is 3.52. The molecule has 0 aliphatic carbocycles. The normalized spacial score (nSPS) is 15.5. The molecule has 6 nitrogen and oxygen atoms in total. The average molecular weight is 543 g/mol. The Morgan fingerprint density at radius 1 is 0.871 bits per heavy atom. The van der Waals surface area contributed by atoms with Crippen molar-refractivity contribution < 1.29 is 14.4 Å². The van der Waals surface area contributed by atoms with E-state index in [-0.39, 0.29) is 5.57 Å². The molecular weight excluding hydrogens is 526 g/mol. The Kier molecular flexibility index (Phi) is 5.68. The SMILES string of the molecule is Cc1c(Br)c(/C=C2\C(=O)NC(=O)N(c3cccc(Br)c3)C2=O)c(C)n1-c1ccccc1. The zero-order valence-corrected chi connectivity index (χ0v) is 19.8. The summed E-state index contributed by atoms with van der Waals surface area (Å²) in [6.45, 7) is 3.87. The molecule has 0 unspecified atom stereocenters. The van der Waals surface area contributed by atoms with Crippen LogP contribution >= 0.6 is 31.9 Å². The molecule has 1 aromatic heterocycles. The number of imide groups is 2. The van der Waals surface area contributed by atoms with Gasteiger partial charge in [0.15, 0.2) is 0 Å². The van der Waals surface area contributed by atoms with Gasteiger partial charge in [0.2, 0.25) is 0 Å². The zero-order chi connectivity index (χ0) is 22.3. The van der Waals surface area contributed by atoms with E-state index in [0.29, 0.717) is 15.7 Å². The van der Waals surface area contributed by atoms with Crippen LogP contribution in [0.4, 0.5) is 10.5 Å². The fraction of sp³-hybridized carbons (Fsp3) is 0.0870. The molecule has 0 atom stereocenters. The Balaban J connectivity index is 1.82. The van der Waals surface area contributed by atoms with Crippen molar-refractivity contribution in [3.8, 4) is 5.69 Å². The van der Waals surface area contributed by atoms with E-state index in [1.165, 1.54) is 6.08 Å². The monoisotopic (exact) mass is 541 g/mol. The number of hydrogen-bond donors (Lipinski definition) is 1. The Morgan fingerprint density at radius 2 is 1.55 bits per heavy atom. The number of benzene rings is 2. The summed E-state index contributed by atoms with van der Waals surface area (Å²) in [5.41, 5.74) is 3.70. The van der Waals surface area contributed by atoms with Gasteiger partial charge in [-0.2, -0.15) is 0 Å². The van der Waals surface area contributed by atoms with Crippen molar-refractivity contribution in [3.63, 3.8) is 0 Å². The second-order valence-electron chi connectivity index (χ2n) is 7.01. The molecule has 2 heterocycles. The number of nitrogens with zero attached hydrogens (tertiary/aromatic N) is 2. The van der Waals surface area contributed by atoms with E-state index in [4.69, 9.17) is 0 Å². The minimum atomic E-state index is -0.779. The Bertz CT molecular complexity index is 1260. The van der Waals surface area contributed by atoms with E-state index in [9.17, 15) is 14.4 Å². The summed E-state index contributed by atoms with van der Waals surface area (Å²) in [7, 11) is 0. The van der Waals surface area contributed by atoms with Gasteiger partial charge in [-0.1, -0.05) is 40.2 Å². The molecule has 156 valence electrons. The van der Waals surface area contributed by atoms with Gasteiger partial charge in [-0.3, -0.25) is 14.9 Å². The number of halogens is 2. The largest absolute Gasteiger partial charge is 0.335 e. The number of para-hydroxylation sites is 1. The second kappa shape index (κ2) is 8.28. The van der Waals surface area contributed by atoms with Crippen molar-refractivity contribution >= 4 is 61.5 Å². The molecule has 4 rings (SSSR count). The van der Waals surface area contributed by atoms with Crippen molar-refractivity contribution in [1.82, 2.24) is 9.88 Å². The summed E-state index contributed by atoms with van der Waals surface area (Å²) in [6.07, 6.45) is 1.53. The van der Waals surface area contributed by atoms with Crippen LogP contribution in [-0.4, -0.2) is 22.4 Å². The number of urea groups is 1. The number of aromatic nitrogens is 1. The summed E-state index contributed by atoms with van der Waals surface area (Å²) >= 11 is 6.94. The van der Waals surface area contributed by atoms with E-state index in [1.54, 1.807) is 24.3 Å². The molecular formula is C23H17Br2N3O3. The molecule has 0 spiro atoms. The summed E-state index contributed by atoms with van der Waals surface area (Å²) in [5.74, 6) is -1.40. The van der Waals surface area contributed by atoms with Gasteiger partial charge in [0, 0.05) is 31.6 Å². The first-order valence-corrected chi connectivity index (χ1v) is 11.0. The number of carbonyl (C=O) groups excluding carboxylic acids is 3. The molecule has 2 aromatic carbocycles. The van der Waals surface area contributed by atoms with Crippen LogP contribution in [0.1, 0.15) is 17.0 Å². The maximum absolute atomic E-state index is 13.2. The van der Waals surface area contributed by atoms with E-state index >= 15 is 0 Å². The third kappa shape index (κ3) is 3.77. The first kappa shape index (κ1) is 21.3. The van der Waals surface area contributed by atoms with Gasteiger partial charge in [-0.15, -0.1) is 0 Å². The number of rotatable bonds is 3. The fourth-order valence-electron chi connectivity index (χ4n) is 3.61. The highest BCUT2D eigenvalue weighted by Gasteiger charge is 2.37. The van der Waals surface area contributed by atoms with Crippen molar-refractivity contribution in [1.29, 1.82) is 0 Å². The first-order valence-electron chi connectivity index (χ1n) is 9.39. The van der Waals surface area contributed by atoms with E-state index < -0.39 is 17.8 Å². The standard InChI is InChI=1S/C23H17Br2N3O3/c1-13-18(20(25)14(2)27(13)16-8-4-3-5-9-16)12-19-21(29)26-23(31)28(22(19)30)17-10-6-7-15(24)11-17/h3-12H,1-2H3,(H,26,29,31)/b19-12+. The second-order valence-corrected chi connectivity index (χ2v) is 8.72. The molecule has 1 aliphatic rings. The minimum Gasteiger partial charge on any atom is -0.317 e. The quantitative estimate of drug-likeness (QED) is 0.361. The first-order chi connectivity index (χ1) is 14.8. The van der Waals surface area contributed by atoms with Crippen molar-refractivity contribution in [2.75, 3.05) is 4.90 Å². The van der Waals surface area contributed by atoms with Crippen LogP contribution in [0.3, 0.4) is 0 Å². The van der Waals surface area contributed by atoms with Crippen molar-refractivity contribution in [2.24, 2.45) is 0 Å². The van der Waals surface area contributed by atoms with Crippen LogP contribution in [0, 0.1) is 13.8 Å². The maximum Gasteiger partial charge on any atom is 0.335 e. The van der Waals surface area contributed by atoms with Crippen molar-refractivity contribution in [3.05, 3.63) is 86.1 Å². The lowest BCUT2D eigenvalue weighted by molar-refractivity contribution is -0.122. The highest BCUT2D eigenvalue weighted by atomic mass is 79.9. The molecule has 4 amide bonds. The highest BCUT2D eigenvalue weighted by molar-refractivity contribution is 9.10. The van der Waals surface area contributed by atoms with Gasteiger partial charge in [0.05, 0.1) is 5.69 Å². The lowest BCUT2D eigenvalue weighted by Gasteiger charge is -2.26. The highest BCUT2D eigenvalue weighted by Crippen LogP contribution is 2.33. The van der Waals surface area contributed by atoms with Crippen LogP contribution in [0.15, 0.2) is 69.1 Å². The number of nitrogens with one attached hydrogen (secondary N) is 1. The third-order valence-corrected chi connectivity index (χ3v) is 6.58. The number of carbonyl (C=O) groups is 3. The molecule has 0 bridgehead atoms. The lowest BCUT2D eigenvalue weighted by Crippen LogP contribution is -2.54. The van der Waals surface area contributed by atoms with E-state index in [2.05, 4.69) is 37.2 Å². The smallest absolute Gasteiger partial charge is 0.317 e. The number of hydrogen-bond acceptors (Lipinski definition) is 3. The summed E-state index contributed by atoms with van der Waals surface area (Å²) in [5, 5.41) is 2.26. The van der Waals surface area contributed by atoms with Crippen LogP contribution in [-0.2, 0) is 9.59 Å². The van der Waals surface area contributed by atoms with Gasteiger partial charge in [-0.25, -0.2) is 9.69 Å². The lowest BCUT2D eigenvalue weighted by atomic mass is 10.1. The Morgan fingerprint density at radius 3 is 2.23 bits per heavy atom. The molecule has 1 N–H and O–H groups in total. The average Bonchev–Trinajstić information content (AvgIpc) is 2.94. The third-order valence-electron chi connectivity index (χ3n) is 5.09. The Hall–Kier alpha value is -2.97. The number of amides is 4. The van der Waals surface area contributed by atoms with Gasteiger partial charge in [-0.05, 0) is 66.2 Å². The topological polar surface area (TPSA) is 71.4 Å². The van der Waals surface area contributed by atoms with Crippen LogP contribution in [0.25, 0.3) is 11.8 Å². The Labute approximate surface area is 195 Å². The molecule has 0 saturated carbocycles. The van der Waals surface area contributed by atoms with E-state index in [0.717, 1.165) is 26.4 Å². The van der Waals surface area contributed by atoms with Gasteiger partial charge in [0.1, 0.15) is 5.57 Å². The van der Waals surface area contributed by atoms with Crippen LogP contribution in [0.2, 0.25) is 0 Å². The molecule has 1 fully saturated rings. The van der Waals surface area contributed by atoms with Crippen LogP contribution < -0.4 is 10.2 Å². The molecule has 1 saturated heterocycles. The number of barbiturate groups is 1. The number of anilines is 1. The molecule has 3 aromatic rings. The predicted octanol–water partition coefficient (Wildman–Crippen LogP) is 5.29. The van der Waals surface area contributed by atoms with Gasteiger partial charge in [0.25, 0.3) is 11.8 Å². The fourth-order valence-corrected chi connectivity index (χ4v) is 4.57. The zero-order valence-electron chi connectivity index (χ0n) is 16.6. The van der Waals surface area contributed by atoms with E-state index in [1.807, 2.05) is 48.7 Å². The molecule has 1 aliphatic heterocycles.